The molecule has 6 heteroatoms. The highest BCUT2D eigenvalue weighted by molar-refractivity contribution is 5.88. The topological polar surface area (TPSA) is 74.5 Å². The number of hydrogen-bond acceptors (Lipinski definition) is 5. The molecule has 0 saturated heterocycles. The van der Waals surface area contributed by atoms with Gasteiger partial charge in [-0.25, -0.2) is 4.98 Å². The van der Waals surface area contributed by atoms with Gasteiger partial charge in [0, 0.05) is 17.0 Å². The number of aromatic nitrogens is 1. The van der Waals surface area contributed by atoms with Crippen LogP contribution in [0.3, 0.4) is 0 Å². The summed E-state index contributed by atoms with van der Waals surface area (Å²) in [5.74, 6) is 1.30. The second-order valence-electron chi connectivity index (χ2n) is 5.49. The Morgan fingerprint density at radius 3 is 2.65 bits per heavy atom. The first-order chi connectivity index (χ1) is 12.6. The van der Waals surface area contributed by atoms with Gasteiger partial charge in [-0.2, -0.15) is 0 Å². The van der Waals surface area contributed by atoms with Crippen molar-refractivity contribution in [1.82, 2.24) is 4.98 Å². The number of hydrogen-bond donors (Lipinski definition) is 0. The number of nitro groups is 1. The maximum atomic E-state index is 11.2. The molecule has 3 aromatic rings. The van der Waals surface area contributed by atoms with Crippen molar-refractivity contribution in [3.05, 3.63) is 69.9 Å². The third-order valence-corrected chi connectivity index (χ3v) is 3.86. The van der Waals surface area contributed by atoms with Crippen molar-refractivity contribution in [3.8, 4) is 11.5 Å². The van der Waals surface area contributed by atoms with E-state index in [-0.39, 0.29) is 5.69 Å². The quantitative estimate of drug-likeness (QED) is 0.475. The first-order valence-corrected chi connectivity index (χ1v) is 8.16. The van der Waals surface area contributed by atoms with Gasteiger partial charge in [-0.05, 0) is 31.2 Å². The monoisotopic (exact) mass is 350 g/mol. The summed E-state index contributed by atoms with van der Waals surface area (Å²) in [7, 11) is 1.59. The van der Waals surface area contributed by atoms with Gasteiger partial charge in [0.1, 0.15) is 5.52 Å². The van der Waals surface area contributed by atoms with E-state index in [1.165, 1.54) is 6.07 Å². The SMILES string of the molecule is CCOc1cccc(/C=C/c2ccc3cccc([N+](=O)[O-])c3n2)c1OC. The van der Waals surface area contributed by atoms with Crippen LogP contribution in [0.1, 0.15) is 18.2 Å². The molecule has 2 aromatic carbocycles. The van der Waals surface area contributed by atoms with Crippen LogP contribution in [0.15, 0.2) is 48.5 Å². The Balaban J connectivity index is 2.00. The van der Waals surface area contributed by atoms with Crippen LogP contribution in [0.25, 0.3) is 23.1 Å². The Hall–Kier alpha value is -3.41. The minimum atomic E-state index is -0.419. The van der Waals surface area contributed by atoms with Crippen molar-refractivity contribution in [1.29, 1.82) is 0 Å². The van der Waals surface area contributed by atoms with E-state index in [0.29, 0.717) is 29.3 Å². The lowest BCUT2D eigenvalue weighted by molar-refractivity contribution is -0.383. The number of non-ortho nitro benzene ring substituents is 1. The van der Waals surface area contributed by atoms with Crippen LogP contribution in [0.2, 0.25) is 0 Å². The third-order valence-electron chi connectivity index (χ3n) is 3.86. The van der Waals surface area contributed by atoms with Gasteiger partial charge < -0.3 is 9.47 Å². The van der Waals surface area contributed by atoms with Gasteiger partial charge in [0.25, 0.3) is 5.69 Å². The number of rotatable bonds is 6. The van der Waals surface area contributed by atoms with Gasteiger partial charge in [-0.1, -0.05) is 30.3 Å². The fourth-order valence-electron chi connectivity index (χ4n) is 2.71. The van der Waals surface area contributed by atoms with Crippen molar-refractivity contribution in [2.45, 2.75) is 6.92 Å². The minimum Gasteiger partial charge on any atom is -0.492 e. The predicted molar refractivity (Wildman–Crippen MR) is 101 cm³/mol. The lowest BCUT2D eigenvalue weighted by Gasteiger charge is -2.11. The molecule has 0 atom stereocenters. The van der Waals surface area contributed by atoms with Crippen LogP contribution in [-0.2, 0) is 0 Å². The molecule has 3 rings (SSSR count). The molecule has 0 amide bonds. The summed E-state index contributed by atoms with van der Waals surface area (Å²) < 4.78 is 11.0. The molecule has 6 nitrogen and oxygen atoms in total. The van der Waals surface area contributed by atoms with Gasteiger partial charge in [-0.15, -0.1) is 0 Å². The Labute approximate surface area is 150 Å². The molecule has 132 valence electrons. The normalized spacial score (nSPS) is 11.0. The number of nitro benzene ring substituents is 1. The van der Waals surface area contributed by atoms with Gasteiger partial charge in [0.2, 0.25) is 0 Å². The summed E-state index contributed by atoms with van der Waals surface area (Å²) in [6.45, 7) is 2.45. The van der Waals surface area contributed by atoms with E-state index in [1.807, 2.05) is 43.3 Å². The summed E-state index contributed by atoms with van der Waals surface area (Å²) in [5, 5.41) is 11.9. The first kappa shape index (κ1) is 17.4. The molecular formula is C20H18N2O4. The second kappa shape index (κ2) is 7.65. The maximum Gasteiger partial charge on any atom is 0.295 e. The van der Waals surface area contributed by atoms with Gasteiger partial charge in [0.15, 0.2) is 11.5 Å². The van der Waals surface area contributed by atoms with Crippen molar-refractivity contribution < 1.29 is 14.4 Å². The molecule has 0 unspecified atom stereocenters. The Bertz CT molecular complexity index is 983. The van der Waals surface area contributed by atoms with Crippen LogP contribution >= 0.6 is 0 Å². The molecule has 0 radical (unpaired) electrons. The van der Waals surface area contributed by atoms with E-state index in [4.69, 9.17) is 9.47 Å². The van der Waals surface area contributed by atoms with E-state index in [0.717, 1.165) is 10.9 Å². The molecule has 0 spiro atoms. The van der Waals surface area contributed by atoms with Crippen LogP contribution < -0.4 is 9.47 Å². The number of benzene rings is 2. The number of nitrogens with zero attached hydrogens (tertiary/aromatic N) is 2. The fraction of sp³-hybridized carbons (Fsp3) is 0.150. The van der Waals surface area contributed by atoms with Gasteiger partial charge in [-0.3, -0.25) is 10.1 Å². The van der Waals surface area contributed by atoms with Gasteiger partial charge in [0.05, 0.1) is 24.3 Å². The average molecular weight is 350 g/mol. The predicted octanol–water partition coefficient (Wildman–Crippen LogP) is 4.72. The number of methoxy groups -OCH3 is 1. The van der Waals surface area contributed by atoms with E-state index in [2.05, 4.69) is 4.98 Å². The van der Waals surface area contributed by atoms with Crippen molar-refractivity contribution in [3.63, 3.8) is 0 Å². The zero-order valence-electron chi connectivity index (χ0n) is 14.5. The van der Waals surface area contributed by atoms with E-state index in [1.54, 1.807) is 25.3 Å². The van der Waals surface area contributed by atoms with E-state index < -0.39 is 4.92 Å². The number of para-hydroxylation sites is 2. The summed E-state index contributed by atoms with van der Waals surface area (Å²) in [5.41, 5.74) is 1.82. The average Bonchev–Trinajstić information content (AvgIpc) is 2.66. The number of ether oxygens (including phenoxy) is 2. The lowest BCUT2D eigenvalue weighted by atomic mass is 10.1. The highest BCUT2D eigenvalue weighted by atomic mass is 16.6. The summed E-state index contributed by atoms with van der Waals surface area (Å²) in [6, 6.07) is 14.2. The molecule has 0 saturated carbocycles. The minimum absolute atomic E-state index is 0.00586. The molecule has 0 aliphatic carbocycles. The van der Waals surface area contributed by atoms with E-state index >= 15 is 0 Å². The van der Waals surface area contributed by atoms with E-state index in [9.17, 15) is 10.1 Å². The molecule has 26 heavy (non-hydrogen) atoms. The molecule has 0 aliphatic heterocycles. The summed E-state index contributed by atoms with van der Waals surface area (Å²) >= 11 is 0. The third kappa shape index (κ3) is 3.49. The van der Waals surface area contributed by atoms with Crippen molar-refractivity contribution in [2.75, 3.05) is 13.7 Å². The van der Waals surface area contributed by atoms with Crippen LogP contribution in [0.4, 0.5) is 5.69 Å². The Morgan fingerprint density at radius 1 is 1.12 bits per heavy atom. The Kier molecular flexibility index (Phi) is 5.12. The lowest BCUT2D eigenvalue weighted by Crippen LogP contribution is -1.96. The summed E-state index contributed by atoms with van der Waals surface area (Å²) in [4.78, 5) is 15.2. The standard InChI is InChI=1S/C20H18N2O4/c1-3-26-18-9-5-7-15(20(18)25-2)11-13-16-12-10-14-6-4-8-17(22(23)24)19(14)21-16/h4-13H,3H2,1-2H3/b13-11+. The smallest absolute Gasteiger partial charge is 0.295 e. The first-order valence-electron chi connectivity index (χ1n) is 8.16. The number of fused-ring (bicyclic) bond motifs is 1. The highest BCUT2D eigenvalue weighted by Crippen LogP contribution is 2.32. The van der Waals surface area contributed by atoms with Crippen molar-refractivity contribution in [2.24, 2.45) is 0 Å². The second-order valence-corrected chi connectivity index (χ2v) is 5.49. The summed E-state index contributed by atoms with van der Waals surface area (Å²) in [6.07, 6.45) is 3.65. The zero-order chi connectivity index (χ0) is 18.5. The van der Waals surface area contributed by atoms with Crippen LogP contribution in [0, 0.1) is 10.1 Å². The van der Waals surface area contributed by atoms with Crippen molar-refractivity contribution >= 4 is 28.7 Å². The van der Waals surface area contributed by atoms with Crippen LogP contribution in [-0.4, -0.2) is 23.6 Å². The highest BCUT2D eigenvalue weighted by Gasteiger charge is 2.12. The molecule has 0 N–H and O–H groups in total. The molecule has 1 heterocycles. The molecule has 0 fully saturated rings. The maximum absolute atomic E-state index is 11.2. The molecule has 1 aromatic heterocycles. The Morgan fingerprint density at radius 2 is 1.92 bits per heavy atom. The molecular weight excluding hydrogens is 332 g/mol. The number of pyridine rings is 1. The largest absolute Gasteiger partial charge is 0.492 e. The van der Waals surface area contributed by atoms with Crippen LogP contribution in [0.5, 0.6) is 11.5 Å². The van der Waals surface area contributed by atoms with Gasteiger partial charge >= 0.3 is 0 Å². The molecule has 0 aliphatic rings. The fourth-order valence-corrected chi connectivity index (χ4v) is 2.71. The zero-order valence-corrected chi connectivity index (χ0v) is 14.5. The molecule has 0 bridgehead atoms.